The lowest BCUT2D eigenvalue weighted by molar-refractivity contribution is -0.117. The predicted molar refractivity (Wildman–Crippen MR) is 60.3 cm³/mol. The smallest absolute Gasteiger partial charge is 0.156 e. The Morgan fingerprint density at radius 3 is 2.88 bits per heavy atom. The van der Waals surface area contributed by atoms with E-state index < -0.39 is 0 Å². The molecule has 0 bridgehead atoms. The van der Waals surface area contributed by atoms with Crippen LogP contribution in [0.25, 0.3) is 0 Å². The summed E-state index contributed by atoms with van der Waals surface area (Å²) in [5.74, 6) is 5.33. The van der Waals surface area contributed by atoms with Crippen molar-refractivity contribution in [2.24, 2.45) is 0 Å². The first-order valence-corrected chi connectivity index (χ1v) is 5.20. The van der Waals surface area contributed by atoms with Gasteiger partial charge in [-0.25, -0.2) is 4.39 Å². The Morgan fingerprint density at radius 2 is 2.19 bits per heavy atom. The van der Waals surface area contributed by atoms with Gasteiger partial charge in [0.1, 0.15) is 12.4 Å². The monoisotopic (exact) mass is 222 g/mol. The van der Waals surface area contributed by atoms with E-state index in [9.17, 15) is 4.39 Å². The third-order valence-electron chi connectivity index (χ3n) is 1.85. The van der Waals surface area contributed by atoms with Gasteiger partial charge in [-0.05, 0) is 32.0 Å². The molecule has 86 valence electrons. The fraction of sp³-hybridized carbons (Fsp3) is 0.385. The van der Waals surface area contributed by atoms with E-state index in [-0.39, 0.29) is 18.7 Å². The Labute approximate surface area is 95.4 Å². The van der Waals surface area contributed by atoms with Crippen molar-refractivity contribution in [2.45, 2.75) is 20.1 Å². The molecular weight excluding hydrogens is 207 g/mol. The van der Waals surface area contributed by atoms with Crippen LogP contribution in [0, 0.1) is 17.7 Å². The summed E-state index contributed by atoms with van der Waals surface area (Å²) >= 11 is 0. The van der Waals surface area contributed by atoms with E-state index in [0.29, 0.717) is 12.2 Å². The summed E-state index contributed by atoms with van der Waals surface area (Å²) in [4.78, 5) is 0. The first-order chi connectivity index (χ1) is 7.72. The van der Waals surface area contributed by atoms with Crippen molar-refractivity contribution in [3.8, 4) is 11.8 Å². The zero-order valence-electron chi connectivity index (χ0n) is 9.50. The number of hydrogen-bond donors (Lipinski definition) is 0. The van der Waals surface area contributed by atoms with Gasteiger partial charge in [0.05, 0.1) is 0 Å². The third-order valence-corrected chi connectivity index (χ3v) is 1.85. The highest BCUT2D eigenvalue weighted by Crippen LogP contribution is 2.01. The lowest BCUT2D eigenvalue weighted by Crippen LogP contribution is -2.12. The molecule has 0 saturated carbocycles. The molecule has 0 spiro atoms. The van der Waals surface area contributed by atoms with Crippen LogP contribution in [0.5, 0.6) is 0 Å². The van der Waals surface area contributed by atoms with Crippen molar-refractivity contribution in [2.75, 3.05) is 13.2 Å². The highest BCUT2D eigenvalue weighted by atomic mass is 19.1. The fourth-order valence-corrected chi connectivity index (χ4v) is 1.15. The van der Waals surface area contributed by atoms with Gasteiger partial charge in [-0.3, -0.25) is 0 Å². The lowest BCUT2D eigenvalue weighted by atomic mass is 10.2. The maximum absolute atomic E-state index is 12.8. The molecule has 0 fully saturated rings. The Bertz CT molecular complexity index is 379. The van der Waals surface area contributed by atoms with E-state index in [1.54, 1.807) is 12.1 Å². The number of rotatable bonds is 4. The van der Waals surface area contributed by atoms with Gasteiger partial charge in [-0.1, -0.05) is 17.9 Å². The van der Waals surface area contributed by atoms with Crippen LogP contribution in [0.15, 0.2) is 24.3 Å². The summed E-state index contributed by atoms with van der Waals surface area (Å²) in [6.45, 7) is 4.60. The van der Waals surface area contributed by atoms with E-state index in [0.717, 1.165) is 0 Å². The van der Waals surface area contributed by atoms with Crippen molar-refractivity contribution in [3.05, 3.63) is 35.6 Å². The summed E-state index contributed by atoms with van der Waals surface area (Å²) in [6, 6.07) is 6.16. The molecule has 1 aromatic rings. The molecule has 16 heavy (non-hydrogen) atoms. The average Bonchev–Trinajstić information content (AvgIpc) is 2.25. The van der Waals surface area contributed by atoms with E-state index >= 15 is 0 Å². The molecule has 0 aliphatic heterocycles. The highest BCUT2D eigenvalue weighted by Gasteiger charge is 1.97. The second-order valence-corrected chi connectivity index (χ2v) is 3.15. The van der Waals surface area contributed by atoms with Crippen molar-refractivity contribution in [1.82, 2.24) is 0 Å². The summed E-state index contributed by atoms with van der Waals surface area (Å²) in [6.07, 6.45) is -0.258. The molecule has 0 radical (unpaired) electrons. The third kappa shape index (κ3) is 4.92. The molecule has 1 rings (SSSR count). The van der Waals surface area contributed by atoms with Gasteiger partial charge in [-0.15, -0.1) is 0 Å². The number of ether oxygens (including phenoxy) is 2. The van der Waals surface area contributed by atoms with Gasteiger partial charge in [-0.2, -0.15) is 0 Å². The molecule has 1 aromatic carbocycles. The van der Waals surface area contributed by atoms with E-state index in [1.807, 2.05) is 13.8 Å². The molecule has 2 nitrogen and oxygen atoms in total. The minimum absolute atomic E-state index is 0.258. The molecule has 0 aliphatic carbocycles. The number of benzene rings is 1. The lowest BCUT2D eigenvalue weighted by Gasteiger charge is -2.09. The summed E-state index contributed by atoms with van der Waals surface area (Å²) in [5.41, 5.74) is 0.646. The number of hydrogen-bond acceptors (Lipinski definition) is 2. The van der Waals surface area contributed by atoms with Gasteiger partial charge in [0.15, 0.2) is 6.29 Å². The van der Waals surface area contributed by atoms with E-state index in [2.05, 4.69) is 11.8 Å². The topological polar surface area (TPSA) is 18.5 Å². The van der Waals surface area contributed by atoms with Crippen LogP contribution in [0.4, 0.5) is 4.39 Å². The summed E-state index contributed by atoms with van der Waals surface area (Å²) in [5, 5.41) is 0. The minimum atomic E-state index is -0.282. The largest absolute Gasteiger partial charge is 0.353 e. The summed E-state index contributed by atoms with van der Waals surface area (Å²) < 4.78 is 23.2. The molecule has 0 amide bonds. The van der Waals surface area contributed by atoms with Crippen molar-refractivity contribution in [1.29, 1.82) is 0 Å². The van der Waals surface area contributed by atoms with Crippen LogP contribution in [-0.2, 0) is 9.47 Å². The second kappa shape index (κ2) is 7.00. The molecule has 0 N–H and O–H groups in total. The Hall–Kier alpha value is -1.37. The predicted octanol–water partition coefficient (Wildman–Crippen LogP) is 2.58. The minimum Gasteiger partial charge on any atom is -0.353 e. The zero-order chi connectivity index (χ0) is 11.8. The molecule has 3 heteroatoms. The molecule has 0 saturated heterocycles. The van der Waals surface area contributed by atoms with Gasteiger partial charge in [0.2, 0.25) is 0 Å². The van der Waals surface area contributed by atoms with Crippen molar-refractivity contribution < 1.29 is 13.9 Å². The Kier molecular flexibility index (Phi) is 5.55. The van der Waals surface area contributed by atoms with Crippen LogP contribution >= 0.6 is 0 Å². The van der Waals surface area contributed by atoms with E-state index in [1.165, 1.54) is 12.1 Å². The standard InChI is InChI=1S/C13H15FO2/c1-3-15-11(2)16-9-5-7-12-6-4-8-13(14)10-12/h4,6,8,10-11H,3,9H2,1-2H3. The quantitative estimate of drug-likeness (QED) is 0.576. The van der Waals surface area contributed by atoms with Crippen molar-refractivity contribution >= 4 is 0 Å². The molecule has 0 aromatic heterocycles. The van der Waals surface area contributed by atoms with E-state index in [4.69, 9.17) is 9.47 Å². The van der Waals surface area contributed by atoms with Crippen LogP contribution in [0.3, 0.4) is 0 Å². The molecule has 1 atom stereocenters. The Balaban J connectivity index is 2.38. The second-order valence-electron chi connectivity index (χ2n) is 3.15. The molecular formula is C13H15FO2. The number of halogens is 1. The van der Waals surface area contributed by atoms with Crippen LogP contribution in [-0.4, -0.2) is 19.5 Å². The van der Waals surface area contributed by atoms with Gasteiger partial charge in [0.25, 0.3) is 0 Å². The van der Waals surface area contributed by atoms with Gasteiger partial charge < -0.3 is 9.47 Å². The normalized spacial score (nSPS) is 11.7. The van der Waals surface area contributed by atoms with Crippen molar-refractivity contribution in [3.63, 3.8) is 0 Å². The SMILES string of the molecule is CCOC(C)OCC#Cc1cccc(F)c1. The first-order valence-electron chi connectivity index (χ1n) is 5.20. The molecule has 0 heterocycles. The molecule has 0 aliphatic rings. The molecule has 1 unspecified atom stereocenters. The summed E-state index contributed by atoms with van der Waals surface area (Å²) in [7, 11) is 0. The average molecular weight is 222 g/mol. The maximum Gasteiger partial charge on any atom is 0.156 e. The highest BCUT2D eigenvalue weighted by molar-refractivity contribution is 5.34. The van der Waals surface area contributed by atoms with Gasteiger partial charge >= 0.3 is 0 Å². The van der Waals surface area contributed by atoms with Gasteiger partial charge in [0, 0.05) is 12.2 Å². The zero-order valence-corrected chi connectivity index (χ0v) is 9.50. The maximum atomic E-state index is 12.8. The van der Waals surface area contributed by atoms with Crippen LogP contribution < -0.4 is 0 Å². The fourth-order valence-electron chi connectivity index (χ4n) is 1.15. The Morgan fingerprint density at radius 1 is 1.38 bits per heavy atom. The van der Waals surface area contributed by atoms with Crippen LogP contribution in [0.1, 0.15) is 19.4 Å². The van der Waals surface area contributed by atoms with Crippen LogP contribution in [0.2, 0.25) is 0 Å². The first kappa shape index (κ1) is 12.7.